The zero-order chi connectivity index (χ0) is 15.2. The van der Waals surface area contributed by atoms with E-state index in [1.54, 1.807) is 49.6 Å². The summed E-state index contributed by atoms with van der Waals surface area (Å²) in [6.45, 7) is 0. The van der Waals surface area contributed by atoms with Crippen LogP contribution in [0, 0.1) is 0 Å². The Balaban J connectivity index is 2.36. The molecular formula is C16H13ClO4. The summed E-state index contributed by atoms with van der Waals surface area (Å²) >= 11 is 5.92. The molecule has 0 atom stereocenters. The van der Waals surface area contributed by atoms with Gasteiger partial charge in [-0.3, -0.25) is 0 Å². The summed E-state index contributed by atoms with van der Waals surface area (Å²) in [6.07, 6.45) is 2.51. The molecule has 0 spiro atoms. The van der Waals surface area contributed by atoms with Crippen LogP contribution in [0.2, 0.25) is 5.02 Å². The van der Waals surface area contributed by atoms with Crippen LogP contribution in [0.15, 0.2) is 48.5 Å². The lowest BCUT2D eigenvalue weighted by Crippen LogP contribution is -1.91. The summed E-state index contributed by atoms with van der Waals surface area (Å²) in [6, 6.07) is 12.1. The summed E-state index contributed by atoms with van der Waals surface area (Å²) < 4.78 is 10.9. The molecule has 0 aliphatic heterocycles. The third kappa shape index (κ3) is 4.26. The predicted molar refractivity (Wildman–Crippen MR) is 81.2 cm³/mol. The number of benzene rings is 2. The molecule has 21 heavy (non-hydrogen) atoms. The van der Waals surface area contributed by atoms with E-state index in [9.17, 15) is 4.79 Å². The third-order valence-electron chi connectivity index (χ3n) is 2.65. The molecule has 2 rings (SSSR count). The first kappa shape index (κ1) is 14.9. The highest BCUT2D eigenvalue weighted by molar-refractivity contribution is 6.30. The Kier molecular flexibility index (Phi) is 4.85. The van der Waals surface area contributed by atoms with Crippen molar-refractivity contribution in [2.45, 2.75) is 0 Å². The second-order valence-corrected chi connectivity index (χ2v) is 4.57. The van der Waals surface area contributed by atoms with Crippen molar-refractivity contribution in [3.63, 3.8) is 0 Å². The highest BCUT2D eigenvalue weighted by Gasteiger charge is 2.06. The third-order valence-corrected chi connectivity index (χ3v) is 2.89. The average Bonchev–Trinajstić information content (AvgIpc) is 2.45. The Morgan fingerprint density at radius 3 is 2.67 bits per heavy atom. The average molecular weight is 305 g/mol. The Morgan fingerprint density at radius 2 is 2.00 bits per heavy atom. The van der Waals surface area contributed by atoms with E-state index in [1.807, 2.05) is 0 Å². The molecule has 108 valence electrons. The SMILES string of the molecule is COc1ccc(C=CC(=O)O)c(Oc2cccc(Cl)c2)c1. The molecular weight excluding hydrogens is 292 g/mol. The lowest BCUT2D eigenvalue weighted by Gasteiger charge is -2.11. The van der Waals surface area contributed by atoms with Crippen molar-refractivity contribution in [3.05, 3.63) is 59.1 Å². The Labute approximate surface area is 127 Å². The zero-order valence-electron chi connectivity index (χ0n) is 11.2. The minimum absolute atomic E-state index is 0.481. The van der Waals surface area contributed by atoms with E-state index in [-0.39, 0.29) is 0 Å². The lowest BCUT2D eigenvalue weighted by molar-refractivity contribution is -0.131. The molecule has 0 aliphatic rings. The van der Waals surface area contributed by atoms with Gasteiger partial charge in [-0.1, -0.05) is 17.7 Å². The van der Waals surface area contributed by atoms with Gasteiger partial charge in [-0.05, 0) is 36.4 Å². The number of halogens is 1. The number of carboxylic acids is 1. The molecule has 0 radical (unpaired) electrons. The second kappa shape index (κ2) is 6.81. The molecule has 2 aromatic rings. The summed E-state index contributed by atoms with van der Waals surface area (Å²) in [5.41, 5.74) is 0.623. The molecule has 5 heteroatoms. The number of carboxylic acid groups (broad SMARTS) is 1. The molecule has 0 fully saturated rings. The number of methoxy groups -OCH3 is 1. The van der Waals surface area contributed by atoms with Crippen LogP contribution in [-0.4, -0.2) is 18.2 Å². The molecule has 0 bridgehead atoms. The van der Waals surface area contributed by atoms with Crippen LogP contribution in [0.25, 0.3) is 6.08 Å². The van der Waals surface area contributed by atoms with Crippen LogP contribution in [-0.2, 0) is 4.79 Å². The first-order chi connectivity index (χ1) is 10.1. The van der Waals surface area contributed by atoms with Gasteiger partial charge in [0, 0.05) is 22.7 Å². The summed E-state index contributed by atoms with van der Waals surface area (Å²) in [7, 11) is 1.55. The largest absolute Gasteiger partial charge is 0.497 e. The smallest absolute Gasteiger partial charge is 0.328 e. The fourth-order valence-electron chi connectivity index (χ4n) is 1.69. The number of aliphatic carboxylic acids is 1. The number of ether oxygens (including phenoxy) is 2. The van der Waals surface area contributed by atoms with Gasteiger partial charge in [0.2, 0.25) is 0 Å². The van der Waals surface area contributed by atoms with Crippen LogP contribution in [0.5, 0.6) is 17.2 Å². The van der Waals surface area contributed by atoms with Gasteiger partial charge in [-0.15, -0.1) is 0 Å². The van der Waals surface area contributed by atoms with Gasteiger partial charge in [0.25, 0.3) is 0 Å². The minimum atomic E-state index is -1.03. The van der Waals surface area contributed by atoms with Crippen molar-refractivity contribution in [1.29, 1.82) is 0 Å². The fraction of sp³-hybridized carbons (Fsp3) is 0.0625. The maximum absolute atomic E-state index is 10.6. The van der Waals surface area contributed by atoms with Gasteiger partial charge in [-0.2, -0.15) is 0 Å². The highest BCUT2D eigenvalue weighted by Crippen LogP contribution is 2.31. The van der Waals surface area contributed by atoms with Crippen molar-refractivity contribution in [3.8, 4) is 17.2 Å². The topological polar surface area (TPSA) is 55.8 Å². The van der Waals surface area contributed by atoms with Crippen LogP contribution in [0.4, 0.5) is 0 Å². The quantitative estimate of drug-likeness (QED) is 0.839. The van der Waals surface area contributed by atoms with Crippen molar-refractivity contribution < 1.29 is 19.4 Å². The first-order valence-electron chi connectivity index (χ1n) is 6.11. The van der Waals surface area contributed by atoms with Gasteiger partial charge in [0.05, 0.1) is 7.11 Å². The van der Waals surface area contributed by atoms with Gasteiger partial charge in [0.1, 0.15) is 17.2 Å². The monoisotopic (exact) mass is 304 g/mol. The molecule has 0 aliphatic carbocycles. The van der Waals surface area contributed by atoms with Crippen molar-refractivity contribution in [1.82, 2.24) is 0 Å². The van der Waals surface area contributed by atoms with E-state index >= 15 is 0 Å². The number of hydrogen-bond donors (Lipinski definition) is 1. The lowest BCUT2D eigenvalue weighted by atomic mass is 10.1. The summed E-state index contributed by atoms with van der Waals surface area (Å²) in [5.74, 6) is 0.619. The molecule has 0 aromatic heterocycles. The number of hydrogen-bond acceptors (Lipinski definition) is 3. The maximum Gasteiger partial charge on any atom is 0.328 e. The van der Waals surface area contributed by atoms with Crippen molar-refractivity contribution in [2.75, 3.05) is 7.11 Å². The number of rotatable bonds is 5. The van der Waals surface area contributed by atoms with E-state index in [4.69, 9.17) is 26.2 Å². The van der Waals surface area contributed by atoms with E-state index in [1.165, 1.54) is 6.08 Å². The predicted octanol–water partition coefficient (Wildman–Crippen LogP) is 4.24. The van der Waals surface area contributed by atoms with Crippen LogP contribution < -0.4 is 9.47 Å². The minimum Gasteiger partial charge on any atom is -0.497 e. The van der Waals surface area contributed by atoms with Crippen LogP contribution in [0.3, 0.4) is 0 Å². The molecule has 4 nitrogen and oxygen atoms in total. The molecule has 0 unspecified atom stereocenters. The maximum atomic E-state index is 10.6. The molecule has 2 aromatic carbocycles. The van der Waals surface area contributed by atoms with E-state index in [0.29, 0.717) is 27.8 Å². The Hall–Kier alpha value is -2.46. The van der Waals surface area contributed by atoms with Gasteiger partial charge < -0.3 is 14.6 Å². The molecule has 0 heterocycles. The van der Waals surface area contributed by atoms with Crippen LogP contribution >= 0.6 is 11.6 Å². The molecule has 0 amide bonds. The molecule has 0 saturated carbocycles. The second-order valence-electron chi connectivity index (χ2n) is 4.13. The normalized spacial score (nSPS) is 10.6. The Morgan fingerprint density at radius 1 is 1.19 bits per heavy atom. The number of carbonyl (C=O) groups is 1. The van der Waals surface area contributed by atoms with Crippen LogP contribution in [0.1, 0.15) is 5.56 Å². The van der Waals surface area contributed by atoms with Gasteiger partial charge >= 0.3 is 5.97 Å². The van der Waals surface area contributed by atoms with E-state index in [0.717, 1.165) is 6.08 Å². The summed E-state index contributed by atoms with van der Waals surface area (Å²) in [4.78, 5) is 10.6. The summed E-state index contributed by atoms with van der Waals surface area (Å²) in [5, 5.41) is 9.28. The van der Waals surface area contributed by atoms with Gasteiger partial charge in [-0.25, -0.2) is 4.79 Å². The van der Waals surface area contributed by atoms with E-state index < -0.39 is 5.97 Å². The molecule has 1 N–H and O–H groups in total. The Bertz CT molecular complexity index is 680. The van der Waals surface area contributed by atoms with Crippen molar-refractivity contribution in [2.24, 2.45) is 0 Å². The van der Waals surface area contributed by atoms with Gasteiger partial charge in [0.15, 0.2) is 0 Å². The molecule has 0 saturated heterocycles. The zero-order valence-corrected chi connectivity index (χ0v) is 12.0. The van der Waals surface area contributed by atoms with Crippen molar-refractivity contribution >= 4 is 23.6 Å². The first-order valence-corrected chi connectivity index (χ1v) is 6.49. The fourth-order valence-corrected chi connectivity index (χ4v) is 1.87. The van der Waals surface area contributed by atoms with E-state index in [2.05, 4.69) is 0 Å². The highest BCUT2D eigenvalue weighted by atomic mass is 35.5. The standard InChI is InChI=1S/C16H13ClO4/c1-20-13-7-5-11(6-8-16(18)19)15(10-13)21-14-4-2-3-12(17)9-14/h2-10H,1H3,(H,18,19).